The van der Waals surface area contributed by atoms with Crippen LogP contribution in [-0.2, 0) is 23.2 Å². The summed E-state index contributed by atoms with van der Waals surface area (Å²) in [6.45, 7) is 6.88. The number of amides is 2. The summed E-state index contributed by atoms with van der Waals surface area (Å²) < 4.78 is 0. The van der Waals surface area contributed by atoms with Gasteiger partial charge in [0.2, 0.25) is 5.91 Å². The average molecular weight is 450 g/mol. The first-order valence-corrected chi connectivity index (χ1v) is 11.5. The van der Waals surface area contributed by atoms with Crippen LogP contribution < -0.4 is 5.32 Å². The zero-order valence-corrected chi connectivity index (χ0v) is 19.3. The molecule has 0 atom stereocenters. The van der Waals surface area contributed by atoms with Gasteiger partial charge in [0.1, 0.15) is 0 Å². The van der Waals surface area contributed by atoms with E-state index in [4.69, 9.17) is 4.98 Å². The van der Waals surface area contributed by atoms with Crippen molar-refractivity contribution in [2.24, 2.45) is 0 Å². The number of carboxylic acid groups (broad SMARTS) is 1. The van der Waals surface area contributed by atoms with Crippen molar-refractivity contribution in [3.63, 3.8) is 0 Å². The van der Waals surface area contributed by atoms with E-state index in [9.17, 15) is 14.7 Å². The van der Waals surface area contributed by atoms with Crippen LogP contribution in [0, 0.1) is 6.92 Å². The highest BCUT2D eigenvalue weighted by Gasteiger charge is 2.31. The van der Waals surface area contributed by atoms with Gasteiger partial charge >= 0.3 is 6.09 Å². The number of nitrogens with one attached hydrogen (secondary N) is 1. The van der Waals surface area contributed by atoms with Gasteiger partial charge in [0.05, 0.1) is 17.2 Å². The van der Waals surface area contributed by atoms with Crippen molar-refractivity contribution < 1.29 is 14.7 Å². The highest BCUT2D eigenvalue weighted by atomic mass is 32.1. The number of hydrogen-bond acceptors (Lipinski definition) is 4. The van der Waals surface area contributed by atoms with E-state index >= 15 is 0 Å². The molecule has 2 N–H and O–H groups in total. The summed E-state index contributed by atoms with van der Waals surface area (Å²) in [5, 5.41) is 13.2. The molecule has 4 rings (SSSR count). The van der Waals surface area contributed by atoms with Gasteiger partial charge in [-0.3, -0.25) is 4.79 Å². The minimum atomic E-state index is -0.905. The van der Waals surface area contributed by atoms with Gasteiger partial charge in [-0.15, -0.1) is 11.3 Å². The lowest BCUT2D eigenvalue weighted by Crippen LogP contribution is -2.34. The number of anilines is 1. The molecule has 0 aliphatic carbocycles. The van der Waals surface area contributed by atoms with Crippen LogP contribution in [0.1, 0.15) is 41.4 Å². The lowest BCUT2D eigenvalue weighted by atomic mass is 9.89. The van der Waals surface area contributed by atoms with E-state index in [1.165, 1.54) is 16.2 Å². The van der Waals surface area contributed by atoms with Crippen LogP contribution in [0.5, 0.6) is 0 Å². The van der Waals surface area contributed by atoms with Crippen molar-refractivity contribution in [2.45, 2.75) is 45.6 Å². The molecule has 2 aromatic carbocycles. The third kappa shape index (κ3) is 4.53. The largest absolute Gasteiger partial charge is 0.465 e. The fourth-order valence-electron chi connectivity index (χ4n) is 4.02. The summed E-state index contributed by atoms with van der Waals surface area (Å²) in [6, 6.07) is 16.1. The Morgan fingerprint density at radius 3 is 2.62 bits per heavy atom. The Morgan fingerprint density at radius 2 is 1.91 bits per heavy atom. The zero-order chi connectivity index (χ0) is 22.9. The molecule has 0 unspecified atom stereocenters. The molecule has 0 spiro atoms. The smallest absolute Gasteiger partial charge is 0.407 e. The van der Waals surface area contributed by atoms with Gasteiger partial charge in [-0.25, -0.2) is 9.78 Å². The van der Waals surface area contributed by atoms with Crippen molar-refractivity contribution in [3.8, 4) is 11.1 Å². The molecule has 2 heterocycles. The summed E-state index contributed by atoms with van der Waals surface area (Å²) in [7, 11) is 0. The van der Waals surface area contributed by atoms with E-state index in [0.29, 0.717) is 19.5 Å². The molecule has 0 saturated heterocycles. The van der Waals surface area contributed by atoms with E-state index in [1.807, 2.05) is 51.1 Å². The first-order chi connectivity index (χ1) is 15.2. The van der Waals surface area contributed by atoms with Gasteiger partial charge in [-0.2, -0.15) is 0 Å². The van der Waals surface area contributed by atoms with Crippen molar-refractivity contribution in [2.75, 3.05) is 11.9 Å². The van der Waals surface area contributed by atoms with Crippen LogP contribution in [0.15, 0.2) is 48.5 Å². The lowest BCUT2D eigenvalue weighted by Gasteiger charge is -2.22. The van der Waals surface area contributed by atoms with Crippen LogP contribution in [0.4, 0.5) is 10.5 Å². The SMILES string of the molecule is Cc1c(NC(=O)CC(C)(C)c2nc3c(s2)CN(C(=O)O)CC3)cccc1-c1ccccc1. The summed E-state index contributed by atoms with van der Waals surface area (Å²) in [5.41, 5.74) is 4.56. The van der Waals surface area contributed by atoms with E-state index in [-0.39, 0.29) is 12.3 Å². The third-order valence-corrected chi connectivity index (χ3v) is 7.32. The molecule has 0 saturated carbocycles. The molecule has 7 heteroatoms. The molecule has 1 aliphatic heterocycles. The average Bonchev–Trinajstić information content (AvgIpc) is 3.20. The number of thiazole rings is 1. The first kappa shape index (κ1) is 22.0. The van der Waals surface area contributed by atoms with Crippen molar-refractivity contribution in [1.82, 2.24) is 9.88 Å². The molecule has 2 amide bonds. The second kappa shape index (κ2) is 8.74. The molecule has 32 heavy (non-hydrogen) atoms. The Bertz CT molecular complexity index is 1150. The van der Waals surface area contributed by atoms with Gasteiger partial charge in [-0.05, 0) is 29.7 Å². The fraction of sp³-hybridized carbons (Fsp3) is 0.320. The molecular formula is C25H27N3O3S. The maximum absolute atomic E-state index is 13.0. The Balaban J connectivity index is 1.48. The van der Waals surface area contributed by atoms with Gasteiger partial charge in [0, 0.05) is 35.4 Å². The standard InChI is InChI=1S/C25H27N3O3S/c1-16-18(17-8-5-4-6-9-17)10-7-11-19(16)26-22(29)14-25(2,3)23-27-20-12-13-28(24(30)31)15-21(20)32-23/h4-11H,12-15H2,1-3H3,(H,26,29)(H,30,31). The summed E-state index contributed by atoms with van der Waals surface area (Å²) >= 11 is 1.52. The molecule has 0 bridgehead atoms. The predicted octanol–water partition coefficient (Wildman–Crippen LogP) is 5.46. The second-order valence-electron chi connectivity index (χ2n) is 8.80. The van der Waals surface area contributed by atoms with Gasteiger partial charge in [-0.1, -0.05) is 56.3 Å². The number of hydrogen-bond donors (Lipinski definition) is 2. The number of aromatic nitrogens is 1. The quantitative estimate of drug-likeness (QED) is 0.542. The zero-order valence-electron chi connectivity index (χ0n) is 18.5. The van der Waals surface area contributed by atoms with Crippen LogP contribution >= 0.6 is 11.3 Å². The lowest BCUT2D eigenvalue weighted by molar-refractivity contribution is -0.117. The van der Waals surface area contributed by atoms with Crippen LogP contribution in [0.2, 0.25) is 0 Å². The van der Waals surface area contributed by atoms with Crippen LogP contribution in [0.25, 0.3) is 11.1 Å². The number of benzene rings is 2. The molecule has 0 radical (unpaired) electrons. The molecule has 0 fully saturated rings. The topological polar surface area (TPSA) is 82.5 Å². The maximum Gasteiger partial charge on any atom is 0.407 e. The van der Waals surface area contributed by atoms with E-state index in [1.54, 1.807) is 0 Å². The number of carbonyl (C=O) groups excluding carboxylic acids is 1. The van der Waals surface area contributed by atoms with Crippen LogP contribution in [-0.4, -0.2) is 33.5 Å². The van der Waals surface area contributed by atoms with E-state index in [2.05, 4.69) is 23.5 Å². The third-order valence-electron chi connectivity index (χ3n) is 5.88. The Morgan fingerprint density at radius 1 is 1.16 bits per heavy atom. The highest BCUT2D eigenvalue weighted by molar-refractivity contribution is 7.11. The number of nitrogens with zero attached hydrogens (tertiary/aromatic N) is 2. The predicted molar refractivity (Wildman–Crippen MR) is 127 cm³/mol. The van der Waals surface area contributed by atoms with Crippen molar-refractivity contribution in [1.29, 1.82) is 0 Å². The van der Waals surface area contributed by atoms with Crippen molar-refractivity contribution >= 4 is 29.0 Å². The van der Waals surface area contributed by atoms with Gasteiger partial charge in [0.25, 0.3) is 0 Å². The van der Waals surface area contributed by atoms with Crippen molar-refractivity contribution in [3.05, 3.63) is 69.7 Å². The molecule has 1 aliphatic rings. The maximum atomic E-state index is 13.0. The first-order valence-electron chi connectivity index (χ1n) is 10.7. The summed E-state index contributed by atoms with van der Waals surface area (Å²) in [5.74, 6) is -0.0661. The Labute approximate surface area is 191 Å². The number of fused-ring (bicyclic) bond motifs is 1. The minimum Gasteiger partial charge on any atom is -0.465 e. The Kier molecular flexibility index (Phi) is 6.02. The summed E-state index contributed by atoms with van der Waals surface area (Å²) in [6.07, 6.45) is 0.000440. The van der Waals surface area contributed by atoms with E-state index in [0.717, 1.165) is 38.0 Å². The second-order valence-corrected chi connectivity index (χ2v) is 9.88. The number of carbonyl (C=O) groups is 2. The van der Waals surface area contributed by atoms with Gasteiger partial charge in [0.15, 0.2) is 0 Å². The highest BCUT2D eigenvalue weighted by Crippen LogP contribution is 2.35. The summed E-state index contributed by atoms with van der Waals surface area (Å²) in [4.78, 5) is 31.4. The normalized spacial score (nSPS) is 13.5. The Hall–Kier alpha value is -3.19. The minimum absolute atomic E-state index is 0.0661. The molecule has 6 nitrogen and oxygen atoms in total. The fourth-order valence-corrected chi connectivity index (χ4v) is 5.24. The van der Waals surface area contributed by atoms with Crippen LogP contribution in [0.3, 0.4) is 0 Å². The monoisotopic (exact) mass is 449 g/mol. The molecule has 1 aromatic heterocycles. The molecule has 166 valence electrons. The van der Waals surface area contributed by atoms with Gasteiger partial charge < -0.3 is 15.3 Å². The molecule has 3 aromatic rings. The number of rotatable bonds is 5. The van der Waals surface area contributed by atoms with E-state index < -0.39 is 11.5 Å². The molecular weight excluding hydrogens is 422 g/mol.